The fourth-order valence-corrected chi connectivity index (χ4v) is 14.0. The van der Waals surface area contributed by atoms with Gasteiger partial charge in [-0.25, -0.2) is 0 Å². The highest BCUT2D eigenvalue weighted by Gasteiger charge is 2.61. The smallest absolute Gasteiger partial charge is 0.217 e. The van der Waals surface area contributed by atoms with E-state index in [2.05, 4.69) is 16.0 Å². The van der Waals surface area contributed by atoms with Crippen molar-refractivity contribution in [3.05, 3.63) is 0 Å². The largest absolute Gasteiger partial charge is 0.394 e. The molecule has 9 aliphatic rings. The van der Waals surface area contributed by atoms with Crippen LogP contribution in [-0.2, 0) is 94.9 Å². The summed E-state index contributed by atoms with van der Waals surface area (Å²) in [5, 5.41) is 282. The molecule has 0 spiro atoms. The first kappa shape index (κ1) is 88.7. The molecule has 0 aromatic heterocycles. The van der Waals surface area contributed by atoms with Gasteiger partial charge in [0.25, 0.3) is 0 Å². The highest BCUT2D eigenvalue weighted by Crippen LogP contribution is 2.40. The number of rotatable bonds is 27. The second-order valence-corrected chi connectivity index (χ2v) is 27.4. The molecule has 48 nitrogen and oxygen atoms in total. The zero-order valence-corrected chi connectivity index (χ0v) is 58.0. The Labute approximate surface area is 611 Å². The lowest BCUT2D eigenvalue weighted by Crippen LogP contribution is -2.71. The molecule has 9 aliphatic heterocycles. The molecule has 108 heavy (non-hydrogen) atoms. The van der Waals surface area contributed by atoms with E-state index in [0.717, 1.165) is 20.8 Å². The van der Waals surface area contributed by atoms with E-state index in [4.69, 9.17) is 80.5 Å². The van der Waals surface area contributed by atoms with Gasteiger partial charge < -0.3 is 224 Å². The van der Waals surface area contributed by atoms with E-state index in [1.54, 1.807) is 0 Å². The van der Waals surface area contributed by atoms with Crippen LogP contribution in [0.3, 0.4) is 0 Å². The monoisotopic (exact) mass is 1580 g/mol. The van der Waals surface area contributed by atoms with E-state index >= 15 is 0 Å². The average molecular weight is 1580 g/mol. The normalized spacial score (nSPS) is 50.4. The van der Waals surface area contributed by atoms with Gasteiger partial charge in [-0.1, -0.05) is 0 Å². The van der Waals surface area contributed by atoms with E-state index in [-0.39, 0.29) is 0 Å². The third-order valence-corrected chi connectivity index (χ3v) is 19.9. The van der Waals surface area contributed by atoms with Gasteiger partial charge in [0.1, 0.15) is 213 Å². The van der Waals surface area contributed by atoms with Crippen molar-refractivity contribution in [1.29, 1.82) is 0 Å². The van der Waals surface area contributed by atoms with Crippen LogP contribution < -0.4 is 16.0 Å². The van der Waals surface area contributed by atoms with Gasteiger partial charge in [-0.3, -0.25) is 14.4 Å². The zero-order valence-electron chi connectivity index (χ0n) is 58.0. The first-order valence-corrected chi connectivity index (χ1v) is 34.5. The molecule has 9 fully saturated rings. The van der Waals surface area contributed by atoms with Gasteiger partial charge in [0.15, 0.2) is 56.6 Å². The SMILES string of the molecule is CC(=O)N[C@H]1[C@H](O[C@H]2[C@@H](O)[C@@H](CO[C@@H]3O[C@H](CO)[C@@H](O[C@@H]4O[C@H](CO)[C@H](O)[C@H](O)[C@H]4O[C@H]4O[C@H](C)[C@H](O)[C@H](O)[C@H]4O)[C@H](O)[C@H]3NC(C)=O)O[C@@H](O[C@H]3[C@H](O)[C@@H](NC(C)=O)[C@H](O[C@H]4[C@@H](O)[C@@H](CO)O[C@@H](O[C@H]5[C@H](O)[C@@H](O)C(O)O[C@@H]5CO)[C@@H]4O)O[C@@H]3CO)[C@@H]2O)O[C@H](CO)[C@@H](O[C@@H]2O[C@H](CO)[C@H](O)[C@H](O)[C@H]2O)[C@@H]1O. The Kier molecular flexibility index (Phi) is 31.6. The molecular formula is C60H101N3O45. The van der Waals surface area contributed by atoms with Crippen LogP contribution in [0.25, 0.3) is 0 Å². The fraction of sp³-hybridized carbons (Fsp3) is 0.950. The van der Waals surface area contributed by atoms with Crippen LogP contribution in [0.1, 0.15) is 27.7 Å². The van der Waals surface area contributed by atoms with Crippen LogP contribution in [-0.4, -0.2) is 474 Å². The number of hydrogen-bond donors (Lipinski definition) is 28. The lowest BCUT2D eigenvalue weighted by molar-refractivity contribution is -0.390. The number of amides is 3. The molecule has 0 aliphatic carbocycles. The molecule has 0 bridgehead atoms. The van der Waals surface area contributed by atoms with Gasteiger partial charge >= 0.3 is 0 Å². The number of ether oxygens (including phenoxy) is 17. The third kappa shape index (κ3) is 19.1. The topological polar surface area (TPSA) is 750 Å². The maximum Gasteiger partial charge on any atom is 0.217 e. The summed E-state index contributed by atoms with van der Waals surface area (Å²) in [6.07, 6.45) is -84.3. The molecule has 48 heteroatoms. The maximum atomic E-state index is 13.0. The Bertz CT molecular complexity index is 2820. The average Bonchev–Trinajstić information content (AvgIpc) is 0.767. The molecule has 28 N–H and O–H groups in total. The molecule has 0 saturated carbocycles. The van der Waals surface area contributed by atoms with Crippen LogP contribution in [0, 0.1) is 0 Å². The van der Waals surface area contributed by atoms with Crippen molar-refractivity contribution in [3.8, 4) is 0 Å². The molecule has 9 rings (SSSR count). The first-order valence-electron chi connectivity index (χ1n) is 34.5. The van der Waals surface area contributed by atoms with E-state index in [0.29, 0.717) is 0 Å². The van der Waals surface area contributed by atoms with Gasteiger partial charge in [0.05, 0.1) is 59.0 Å². The second kappa shape index (κ2) is 38.5. The summed E-state index contributed by atoms with van der Waals surface area (Å²) in [7, 11) is 0. The standard InChI is InChI=1S/C60H101N3O45/c1-13-28(74)36(82)41(87)56(93-13)108-51-38(84)30(76)18(6-65)97-60(51)105-47-21(9-68)98-53(25(33(47)79)61-14(2)71)92-12-24-32(78)50(107-55-26(62-15(3)72)34(80)45(22(10-69)99-55)102-57-42(88)37(83)29(75)17(5-64)95-57)44(90)59(101-24)103-46-23(11-70)100-54(27(35(46)81)63-16(4)73)106-49-31(77)19(7-66)96-58(43(49)89)104-48-20(8-67)94-52(91)40(86)39(48)85/h13,17-60,64-70,74-91H,5-12H2,1-4H3,(H,61,71)(H,62,72)(H,63,73)/t13-,17-,18-,19-,20-,21-,22-,23-,24-,25-,26-,27-,28+,29+,30+,31+,32+,33-,34-,35-,36+,37+,38+,39-,40-,41-,42-,43-,44-,45-,46-,47-,48-,49+,50+,51-,52?,53-,54+,55+,56-,57+,58+,59+,60+/m1/s1. The van der Waals surface area contributed by atoms with E-state index in [1.165, 1.54) is 6.92 Å². The molecule has 1 unspecified atom stereocenters. The van der Waals surface area contributed by atoms with Crippen molar-refractivity contribution in [2.75, 3.05) is 52.9 Å². The highest BCUT2D eigenvalue weighted by atomic mass is 16.8. The van der Waals surface area contributed by atoms with Crippen molar-refractivity contribution in [2.24, 2.45) is 0 Å². The van der Waals surface area contributed by atoms with Crippen LogP contribution in [0.4, 0.5) is 0 Å². The summed E-state index contributed by atoms with van der Waals surface area (Å²) >= 11 is 0. The number of carbonyl (C=O) groups is 3. The van der Waals surface area contributed by atoms with Crippen molar-refractivity contribution in [3.63, 3.8) is 0 Å². The van der Waals surface area contributed by atoms with Gasteiger partial charge in [0, 0.05) is 20.8 Å². The second-order valence-electron chi connectivity index (χ2n) is 27.4. The summed E-state index contributed by atoms with van der Waals surface area (Å²) in [4.78, 5) is 39.0. The minimum atomic E-state index is -2.49. The fourth-order valence-electron chi connectivity index (χ4n) is 14.0. The predicted molar refractivity (Wildman–Crippen MR) is 330 cm³/mol. The predicted octanol–water partition coefficient (Wildman–Crippen LogP) is -19.2. The molecule has 9 heterocycles. The quantitative estimate of drug-likeness (QED) is 0.0363. The van der Waals surface area contributed by atoms with Crippen LogP contribution in [0.5, 0.6) is 0 Å². The lowest BCUT2D eigenvalue weighted by atomic mass is 9.93. The molecule has 3 amide bonds. The van der Waals surface area contributed by atoms with Gasteiger partial charge in [-0.2, -0.15) is 0 Å². The number of aliphatic hydroxyl groups excluding tert-OH is 25. The van der Waals surface area contributed by atoms with Crippen LogP contribution in [0.15, 0.2) is 0 Å². The van der Waals surface area contributed by atoms with Crippen LogP contribution >= 0.6 is 0 Å². The Morgan fingerprint density at radius 3 is 0.972 bits per heavy atom. The molecular weight excluding hydrogens is 1480 g/mol. The van der Waals surface area contributed by atoms with Gasteiger partial charge in [-0.15, -0.1) is 0 Å². The molecule has 0 radical (unpaired) electrons. The highest BCUT2D eigenvalue weighted by molar-refractivity contribution is 5.74. The Morgan fingerprint density at radius 2 is 0.546 bits per heavy atom. The third-order valence-electron chi connectivity index (χ3n) is 19.9. The summed E-state index contributed by atoms with van der Waals surface area (Å²) in [6.45, 7) is -4.48. The molecule has 9 saturated heterocycles. The Balaban J connectivity index is 1.01. The van der Waals surface area contributed by atoms with Crippen molar-refractivity contribution < 1.29 is 223 Å². The number of carbonyl (C=O) groups excluding carboxylic acids is 3. The maximum absolute atomic E-state index is 13.0. The molecule has 45 atom stereocenters. The van der Waals surface area contributed by atoms with E-state index in [9.17, 15) is 142 Å². The lowest BCUT2D eigenvalue weighted by Gasteiger charge is -2.51. The molecule has 0 aromatic carbocycles. The van der Waals surface area contributed by atoms with E-state index < -0.39 is 347 Å². The number of nitrogens with one attached hydrogen (secondary N) is 3. The minimum absolute atomic E-state index is 0.926. The van der Waals surface area contributed by atoms with Crippen LogP contribution in [0.2, 0.25) is 0 Å². The molecule has 0 aromatic rings. The summed E-state index contributed by atoms with van der Waals surface area (Å²) in [5.41, 5.74) is 0. The molecule has 626 valence electrons. The number of aliphatic hydroxyl groups is 25. The van der Waals surface area contributed by atoms with Crippen molar-refractivity contribution >= 4 is 17.7 Å². The van der Waals surface area contributed by atoms with Crippen molar-refractivity contribution in [1.82, 2.24) is 16.0 Å². The zero-order chi connectivity index (χ0) is 79.5. The van der Waals surface area contributed by atoms with E-state index in [1.807, 2.05) is 0 Å². The minimum Gasteiger partial charge on any atom is -0.394 e. The number of hydrogen-bond acceptors (Lipinski definition) is 45. The van der Waals surface area contributed by atoms with Crippen molar-refractivity contribution in [2.45, 2.75) is 304 Å². The summed E-state index contributed by atoms with van der Waals surface area (Å²) in [5.74, 6) is -2.85. The summed E-state index contributed by atoms with van der Waals surface area (Å²) < 4.78 is 99.5. The first-order chi connectivity index (χ1) is 51.1. The van der Waals surface area contributed by atoms with Gasteiger partial charge in [0.2, 0.25) is 17.7 Å². The Morgan fingerprint density at radius 1 is 0.259 bits per heavy atom. The van der Waals surface area contributed by atoms with Gasteiger partial charge in [-0.05, 0) is 6.92 Å². The Hall–Kier alpha value is -3.27. The summed E-state index contributed by atoms with van der Waals surface area (Å²) in [6, 6.07) is -5.81.